The second kappa shape index (κ2) is 9.08. The Kier molecular flexibility index (Phi) is 6.03. The van der Waals surface area contributed by atoms with Crippen LogP contribution in [0.4, 0.5) is 0 Å². The maximum atomic E-state index is 11.6. The van der Waals surface area contributed by atoms with Crippen molar-refractivity contribution in [2.24, 2.45) is 11.8 Å². The van der Waals surface area contributed by atoms with Crippen molar-refractivity contribution in [3.63, 3.8) is 0 Å². The van der Waals surface area contributed by atoms with Gasteiger partial charge in [0.25, 0.3) is 0 Å². The van der Waals surface area contributed by atoms with Crippen LogP contribution in [0.2, 0.25) is 0 Å². The molecule has 2 aromatic carbocycles. The van der Waals surface area contributed by atoms with Crippen LogP contribution in [0.5, 0.6) is 0 Å². The molecule has 1 saturated carbocycles. The molecule has 1 aliphatic carbocycles. The molecule has 32 heavy (non-hydrogen) atoms. The molecule has 2 aliphatic rings. The predicted molar refractivity (Wildman–Crippen MR) is 127 cm³/mol. The summed E-state index contributed by atoms with van der Waals surface area (Å²) in [5.41, 5.74) is 3.99. The molecule has 1 amide bonds. The Morgan fingerprint density at radius 3 is 2.53 bits per heavy atom. The summed E-state index contributed by atoms with van der Waals surface area (Å²) in [6, 6.07) is 19.9. The number of nitrogens with one attached hydrogen (secondary N) is 1. The minimum atomic E-state index is 0.0390. The SMILES string of the molecule is CO[C@@H]1C[C@H]2CN(Cc3ccc4ccn(Cc5ccccc5)c4c3)C[C@H]2C[C@H]1NC(C)=O. The van der Waals surface area contributed by atoms with Crippen molar-refractivity contribution >= 4 is 16.8 Å². The molecule has 1 aliphatic heterocycles. The number of fused-ring (bicyclic) bond motifs is 2. The molecule has 1 saturated heterocycles. The number of ether oxygens (including phenoxy) is 1. The van der Waals surface area contributed by atoms with Gasteiger partial charge >= 0.3 is 0 Å². The van der Waals surface area contributed by atoms with Gasteiger partial charge in [-0.05, 0) is 53.3 Å². The lowest BCUT2D eigenvalue weighted by atomic mass is 9.77. The van der Waals surface area contributed by atoms with E-state index in [0.29, 0.717) is 11.8 Å². The van der Waals surface area contributed by atoms with Crippen LogP contribution in [0.25, 0.3) is 10.9 Å². The number of aromatic nitrogens is 1. The zero-order valence-corrected chi connectivity index (χ0v) is 19.0. The minimum absolute atomic E-state index is 0.0390. The second-order valence-corrected chi connectivity index (χ2v) is 9.59. The second-order valence-electron chi connectivity index (χ2n) is 9.59. The Bertz CT molecular complexity index is 1080. The van der Waals surface area contributed by atoms with Gasteiger partial charge in [0.05, 0.1) is 12.1 Å². The summed E-state index contributed by atoms with van der Waals surface area (Å²) in [5, 5.41) is 4.41. The summed E-state index contributed by atoms with van der Waals surface area (Å²) in [6.07, 6.45) is 4.36. The molecule has 0 spiro atoms. The van der Waals surface area contributed by atoms with Crippen LogP contribution in [0, 0.1) is 11.8 Å². The largest absolute Gasteiger partial charge is 0.379 e. The molecule has 0 unspecified atom stereocenters. The van der Waals surface area contributed by atoms with Crippen molar-refractivity contribution in [1.82, 2.24) is 14.8 Å². The van der Waals surface area contributed by atoms with E-state index in [9.17, 15) is 4.79 Å². The van der Waals surface area contributed by atoms with E-state index in [1.54, 1.807) is 14.0 Å². The van der Waals surface area contributed by atoms with Crippen LogP contribution in [0.15, 0.2) is 60.8 Å². The Morgan fingerprint density at radius 2 is 1.78 bits per heavy atom. The van der Waals surface area contributed by atoms with Crippen molar-refractivity contribution in [1.29, 1.82) is 0 Å². The summed E-state index contributed by atoms with van der Waals surface area (Å²) < 4.78 is 8.08. The summed E-state index contributed by atoms with van der Waals surface area (Å²) in [7, 11) is 1.77. The summed E-state index contributed by atoms with van der Waals surface area (Å²) in [4.78, 5) is 14.2. The molecule has 0 bridgehead atoms. The Balaban J connectivity index is 1.28. The molecule has 5 rings (SSSR count). The van der Waals surface area contributed by atoms with Crippen molar-refractivity contribution in [3.05, 3.63) is 71.9 Å². The molecule has 5 heteroatoms. The molecule has 1 N–H and O–H groups in total. The van der Waals surface area contributed by atoms with Gasteiger partial charge in [0, 0.05) is 51.9 Å². The van der Waals surface area contributed by atoms with E-state index in [-0.39, 0.29) is 18.1 Å². The highest BCUT2D eigenvalue weighted by Gasteiger charge is 2.42. The molecule has 168 valence electrons. The lowest BCUT2D eigenvalue weighted by Gasteiger charge is -2.37. The van der Waals surface area contributed by atoms with Gasteiger partial charge in [-0.15, -0.1) is 0 Å². The van der Waals surface area contributed by atoms with Crippen LogP contribution >= 0.6 is 0 Å². The molecule has 0 radical (unpaired) electrons. The number of benzene rings is 2. The zero-order valence-electron chi connectivity index (χ0n) is 19.0. The topological polar surface area (TPSA) is 46.5 Å². The van der Waals surface area contributed by atoms with Gasteiger partial charge in [0.1, 0.15) is 0 Å². The van der Waals surface area contributed by atoms with Gasteiger partial charge in [0.15, 0.2) is 0 Å². The number of nitrogens with zero attached hydrogens (tertiary/aromatic N) is 2. The molecule has 5 nitrogen and oxygen atoms in total. The Morgan fingerprint density at radius 1 is 1.00 bits per heavy atom. The fraction of sp³-hybridized carbons (Fsp3) is 0.444. The molecular formula is C27H33N3O2. The third kappa shape index (κ3) is 4.45. The first kappa shape index (κ1) is 21.2. The van der Waals surface area contributed by atoms with Crippen molar-refractivity contribution in [2.45, 2.75) is 45.0 Å². The average molecular weight is 432 g/mol. The highest BCUT2D eigenvalue weighted by molar-refractivity contribution is 5.81. The van der Waals surface area contributed by atoms with Crippen molar-refractivity contribution in [2.75, 3.05) is 20.2 Å². The van der Waals surface area contributed by atoms with Gasteiger partial charge in [-0.1, -0.05) is 42.5 Å². The van der Waals surface area contributed by atoms with Gasteiger partial charge < -0.3 is 14.6 Å². The number of carbonyl (C=O) groups excluding carboxylic acids is 1. The molecule has 4 atom stereocenters. The monoisotopic (exact) mass is 431 g/mol. The smallest absolute Gasteiger partial charge is 0.217 e. The van der Waals surface area contributed by atoms with Crippen molar-refractivity contribution < 1.29 is 9.53 Å². The first-order chi connectivity index (χ1) is 15.6. The van der Waals surface area contributed by atoms with Crippen LogP contribution in [-0.4, -0.2) is 47.7 Å². The fourth-order valence-corrected chi connectivity index (χ4v) is 5.82. The summed E-state index contributed by atoms with van der Waals surface area (Å²) >= 11 is 0. The van der Waals surface area contributed by atoms with Crippen LogP contribution in [0.3, 0.4) is 0 Å². The first-order valence-electron chi connectivity index (χ1n) is 11.7. The van der Waals surface area contributed by atoms with Crippen LogP contribution in [-0.2, 0) is 22.6 Å². The number of likely N-dealkylation sites (tertiary alicyclic amines) is 1. The van der Waals surface area contributed by atoms with Gasteiger partial charge in [0.2, 0.25) is 5.91 Å². The van der Waals surface area contributed by atoms with E-state index in [1.165, 1.54) is 22.0 Å². The number of methoxy groups -OCH3 is 1. The lowest BCUT2D eigenvalue weighted by molar-refractivity contribution is -0.121. The number of hydrogen-bond acceptors (Lipinski definition) is 3. The predicted octanol–water partition coefficient (Wildman–Crippen LogP) is 4.05. The Hall–Kier alpha value is -2.63. The maximum Gasteiger partial charge on any atom is 0.217 e. The average Bonchev–Trinajstić information content (AvgIpc) is 3.36. The number of rotatable bonds is 6. The molecule has 3 aromatic rings. The van der Waals surface area contributed by atoms with E-state index < -0.39 is 0 Å². The van der Waals surface area contributed by atoms with Crippen molar-refractivity contribution in [3.8, 4) is 0 Å². The highest BCUT2D eigenvalue weighted by Crippen LogP contribution is 2.38. The molecular weight excluding hydrogens is 398 g/mol. The first-order valence-corrected chi connectivity index (χ1v) is 11.7. The van der Waals surface area contributed by atoms with Gasteiger partial charge in [-0.25, -0.2) is 0 Å². The summed E-state index contributed by atoms with van der Waals surface area (Å²) in [5.74, 6) is 1.32. The fourth-order valence-electron chi connectivity index (χ4n) is 5.82. The minimum Gasteiger partial charge on any atom is -0.379 e. The number of hydrogen-bond donors (Lipinski definition) is 1. The maximum absolute atomic E-state index is 11.6. The molecule has 2 fully saturated rings. The normalized spacial score (nSPS) is 25.7. The highest BCUT2D eigenvalue weighted by atomic mass is 16.5. The van der Waals surface area contributed by atoms with E-state index in [1.807, 2.05) is 0 Å². The van der Waals surface area contributed by atoms with E-state index in [0.717, 1.165) is 39.0 Å². The zero-order chi connectivity index (χ0) is 22.1. The Labute approximate surface area is 190 Å². The molecule has 2 heterocycles. The lowest BCUT2D eigenvalue weighted by Crippen LogP contribution is -2.49. The quantitative estimate of drug-likeness (QED) is 0.641. The molecule has 1 aromatic heterocycles. The third-order valence-electron chi connectivity index (χ3n) is 7.32. The van der Waals surface area contributed by atoms with Gasteiger partial charge in [-0.2, -0.15) is 0 Å². The van der Waals surface area contributed by atoms with Crippen LogP contribution in [0.1, 0.15) is 30.9 Å². The number of carbonyl (C=O) groups is 1. The standard InChI is InChI=1S/C27H33N3O2/c1-19(31)28-25-13-23-17-29(18-24(23)14-27(25)32-2)15-21-8-9-22-10-11-30(26(22)12-21)16-20-6-4-3-5-7-20/h3-12,23-25,27H,13-18H2,1-2H3,(H,28,31)/t23-,24+,25-,27-/m1/s1. The third-order valence-corrected chi connectivity index (χ3v) is 7.32. The number of amides is 1. The van der Waals surface area contributed by atoms with E-state index >= 15 is 0 Å². The van der Waals surface area contributed by atoms with E-state index in [2.05, 4.69) is 75.6 Å². The van der Waals surface area contributed by atoms with E-state index in [4.69, 9.17) is 4.74 Å². The van der Waals surface area contributed by atoms with Crippen LogP contribution < -0.4 is 5.32 Å². The van der Waals surface area contributed by atoms with Gasteiger partial charge in [-0.3, -0.25) is 9.69 Å². The summed E-state index contributed by atoms with van der Waals surface area (Å²) in [6.45, 7) is 5.68.